The normalized spacial score (nSPS) is 14.0. The summed E-state index contributed by atoms with van der Waals surface area (Å²) in [6.45, 7) is 7.09. The highest BCUT2D eigenvalue weighted by molar-refractivity contribution is 6.06. The van der Waals surface area contributed by atoms with Gasteiger partial charge in [-0.1, -0.05) is 23.4 Å². The van der Waals surface area contributed by atoms with E-state index in [-0.39, 0.29) is 5.82 Å². The predicted octanol–water partition coefficient (Wildman–Crippen LogP) is 3.09. The first-order valence-electron chi connectivity index (χ1n) is 9.97. The summed E-state index contributed by atoms with van der Waals surface area (Å²) in [6, 6.07) is 9.47. The molecule has 0 saturated heterocycles. The maximum atomic E-state index is 13.1. The van der Waals surface area contributed by atoms with Crippen molar-refractivity contribution in [2.75, 3.05) is 18.5 Å². The largest absolute Gasteiger partial charge is 0.452 e. The SMILES string of the molecule is Cc1cc(NC(=O)COC(=O)c2c3c(nc4ccccc24)CCN(C(C)C)C3)no1. The maximum Gasteiger partial charge on any atom is 0.339 e. The van der Waals surface area contributed by atoms with E-state index in [0.29, 0.717) is 23.9 Å². The molecule has 1 N–H and O–H groups in total. The molecule has 1 aliphatic heterocycles. The number of amides is 1. The van der Waals surface area contributed by atoms with Gasteiger partial charge in [-0.05, 0) is 26.8 Å². The van der Waals surface area contributed by atoms with Gasteiger partial charge in [0, 0.05) is 48.3 Å². The molecule has 1 aliphatic rings. The molecule has 0 aliphatic carbocycles. The molecule has 1 amide bonds. The molecule has 156 valence electrons. The number of anilines is 1. The van der Waals surface area contributed by atoms with Gasteiger partial charge in [0.25, 0.3) is 5.91 Å². The minimum atomic E-state index is -0.526. The van der Waals surface area contributed by atoms with E-state index in [1.54, 1.807) is 13.0 Å². The quantitative estimate of drug-likeness (QED) is 0.648. The zero-order valence-corrected chi connectivity index (χ0v) is 17.3. The summed E-state index contributed by atoms with van der Waals surface area (Å²) >= 11 is 0. The number of hydrogen-bond acceptors (Lipinski definition) is 7. The Morgan fingerprint density at radius 2 is 2.10 bits per heavy atom. The molecular weight excluding hydrogens is 384 g/mol. The molecular formula is C22H24N4O4. The third-order valence-electron chi connectivity index (χ3n) is 5.24. The number of aryl methyl sites for hydroxylation is 1. The Labute approximate surface area is 174 Å². The fourth-order valence-corrected chi connectivity index (χ4v) is 3.69. The lowest BCUT2D eigenvalue weighted by Gasteiger charge is -2.32. The summed E-state index contributed by atoms with van der Waals surface area (Å²) in [6.07, 6.45) is 0.768. The number of pyridine rings is 1. The second-order valence-corrected chi connectivity index (χ2v) is 7.69. The van der Waals surface area contributed by atoms with Gasteiger partial charge in [-0.15, -0.1) is 0 Å². The Hall–Kier alpha value is -3.26. The summed E-state index contributed by atoms with van der Waals surface area (Å²) in [4.78, 5) is 32.3. The fraction of sp³-hybridized carbons (Fsp3) is 0.364. The monoisotopic (exact) mass is 408 g/mol. The van der Waals surface area contributed by atoms with E-state index in [9.17, 15) is 9.59 Å². The number of nitrogens with zero attached hydrogens (tertiary/aromatic N) is 3. The second kappa shape index (κ2) is 8.23. The lowest BCUT2D eigenvalue weighted by molar-refractivity contribution is -0.119. The molecule has 0 bridgehead atoms. The van der Waals surface area contributed by atoms with Crippen LogP contribution in [0.15, 0.2) is 34.9 Å². The van der Waals surface area contributed by atoms with Gasteiger partial charge in [-0.3, -0.25) is 14.7 Å². The Morgan fingerprint density at radius 1 is 1.30 bits per heavy atom. The van der Waals surface area contributed by atoms with Gasteiger partial charge < -0.3 is 14.6 Å². The van der Waals surface area contributed by atoms with Crippen LogP contribution in [0, 0.1) is 6.92 Å². The third-order valence-corrected chi connectivity index (χ3v) is 5.24. The minimum Gasteiger partial charge on any atom is -0.452 e. The molecule has 0 saturated carbocycles. The van der Waals surface area contributed by atoms with Gasteiger partial charge in [0.1, 0.15) is 5.76 Å². The highest BCUT2D eigenvalue weighted by Crippen LogP contribution is 2.29. The van der Waals surface area contributed by atoms with Crippen LogP contribution in [0.1, 0.15) is 41.2 Å². The highest BCUT2D eigenvalue weighted by Gasteiger charge is 2.27. The summed E-state index contributed by atoms with van der Waals surface area (Å²) < 4.78 is 10.3. The number of para-hydroxylation sites is 1. The second-order valence-electron chi connectivity index (χ2n) is 7.69. The molecule has 0 radical (unpaired) electrons. The number of hydrogen-bond donors (Lipinski definition) is 1. The molecule has 3 aromatic rings. The van der Waals surface area contributed by atoms with Crippen molar-refractivity contribution < 1.29 is 18.8 Å². The molecule has 0 fully saturated rings. The first kappa shape index (κ1) is 20.0. The van der Waals surface area contributed by atoms with Crippen LogP contribution in [0.2, 0.25) is 0 Å². The van der Waals surface area contributed by atoms with Gasteiger partial charge in [-0.25, -0.2) is 4.79 Å². The highest BCUT2D eigenvalue weighted by atomic mass is 16.5. The topological polar surface area (TPSA) is 97.6 Å². The van der Waals surface area contributed by atoms with Gasteiger partial charge in [0.05, 0.1) is 11.1 Å². The maximum absolute atomic E-state index is 13.1. The number of fused-ring (bicyclic) bond motifs is 2. The Bertz CT molecular complexity index is 1110. The minimum absolute atomic E-state index is 0.285. The van der Waals surface area contributed by atoms with Gasteiger partial charge >= 0.3 is 5.97 Å². The van der Waals surface area contributed by atoms with E-state index < -0.39 is 18.5 Å². The average Bonchev–Trinajstić information content (AvgIpc) is 3.14. The average molecular weight is 408 g/mol. The number of carbonyl (C=O) groups is 2. The Balaban J connectivity index is 1.59. The Morgan fingerprint density at radius 3 is 2.83 bits per heavy atom. The number of benzene rings is 1. The van der Waals surface area contributed by atoms with Gasteiger partial charge in [0.15, 0.2) is 12.4 Å². The molecule has 8 nitrogen and oxygen atoms in total. The van der Waals surface area contributed by atoms with Crippen molar-refractivity contribution >= 4 is 28.6 Å². The summed E-state index contributed by atoms with van der Waals surface area (Å²) in [7, 11) is 0. The van der Waals surface area contributed by atoms with Crippen LogP contribution in [-0.4, -0.2) is 46.1 Å². The molecule has 8 heteroatoms. The standard InChI is InChI=1S/C22H24N4O4/c1-13(2)26-9-8-18-16(11-26)21(15-6-4-5-7-17(15)23-18)22(28)29-12-20(27)24-19-10-14(3)30-25-19/h4-7,10,13H,8-9,11-12H2,1-3H3,(H,24,25,27). The molecule has 4 rings (SSSR count). The predicted molar refractivity (Wildman–Crippen MR) is 111 cm³/mol. The first-order valence-corrected chi connectivity index (χ1v) is 9.97. The van der Waals surface area contributed by atoms with E-state index in [0.717, 1.165) is 35.1 Å². The fourth-order valence-electron chi connectivity index (χ4n) is 3.69. The van der Waals surface area contributed by atoms with E-state index >= 15 is 0 Å². The lowest BCUT2D eigenvalue weighted by atomic mass is 9.95. The van der Waals surface area contributed by atoms with Crippen molar-refractivity contribution in [3.8, 4) is 0 Å². The Kier molecular flexibility index (Phi) is 5.50. The molecule has 3 heterocycles. The number of ether oxygens (including phenoxy) is 1. The number of aromatic nitrogens is 2. The van der Waals surface area contributed by atoms with Gasteiger partial charge in [-0.2, -0.15) is 0 Å². The van der Waals surface area contributed by atoms with Crippen molar-refractivity contribution in [2.24, 2.45) is 0 Å². The summed E-state index contributed by atoms with van der Waals surface area (Å²) in [5.74, 6) is -0.144. The van der Waals surface area contributed by atoms with Crippen LogP contribution in [-0.2, 0) is 22.5 Å². The van der Waals surface area contributed by atoms with Crippen LogP contribution >= 0.6 is 0 Å². The number of nitrogens with one attached hydrogen (secondary N) is 1. The smallest absolute Gasteiger partial charge is 0.339 e. The van der Waals surface area contributed by atoms with Crippen LogP contribution in [0.5, 0.6) is 0 Å². The van der Waals surface area contributed by atoms with E-state index in [1.807, 2.05) is 24.3 Å². The molecule has 0 spiro atoms. The molecule has 2 aromatic heterocycles. The molecule has 0 atom stereocenters. The van der Waals surface area contributed by atoms with Crippen molar-refractivity contribution in [1.29, 1.82) is 0 Å². The number of carbonyl (C=O) groups excluding carboxylic acids is 2. The van der Waals surface area contributed by atoms with Gasteiger partial charge in [0.2, 0.25) is 0 Å². The van der Waals surface area contributed by atoms with Crippen molar-refractivity contribution in [3.05, 3.63) is 52.9 Å². The van der Waals surface area contributed by atoms with E-state index in [2.05, 4.69) is 29.2 Å². The third kappa shape index (κ3) is 4.04. The van der Waals surface area contributed by atoms with E-state index in [4.69, 9.17) is 14.2 Å². The molecule has 0 unspecified atom stereocenters. The van der Waals surface area contributed by atoms with Crippen LogP contribution < -0.4 is 5.32 Å². The summed E-state index contributed by atoms with van der Waals surface area (Å²) in [5, 5.41) is 6.99. The van der Waals surface area contributed by atoms with Crippen molar-refractivity contribution in [3.63, 3.8) is 0 Å². The molecule has 30 heavy (non-hydrogen) atoms. The zero-order valence-electron chi connectivity index (χ0n) is 17.3. The van der Waals surface area contributed by atoms with E-state index in [1.165, 1.54) is 0 Å². The van der Waals surface area contributed by atoms with Crippen LogP contribution in [0.25, 0.3) is 10.9 Å². The van der Waals surface area contributed by atoms with Crippen LogP contribution in [0.3, 0.4) is 0 Å². The number of esters is 1. The zero-order chi connectivity index (χ0) is 21.3. The van der Waals surface area contributed by atoms with Crippen LogP contribution in [0.4, 0.5) is 5.82 Å². The first-order chi connectivity index (χ1) is 14.4. The van der Waals surface area contributed by atoms with Crippen molar-refractivity contribution in [2.45, 2.75) is 39.8 Å². The molecule has 1 aromatic carbocycles. The number of rotatable bonds is 5. The summed E-state index contributed by atoms with van der Waals surface area (Å²) in [5.41, 5.74) is 3.04. The lowest BCUT2D eigenvalue weighted by Crippen LogP contribution is -2.37. The van der Waals surface area contributed by atoms with Crippen molar-refractivity contribution in [1.82, 2.24) is 15.0 Å².